The molecule has 1 aromatic rings. The molecule has 0 radical (unpaired) electrons. The molecule has 0 saturated heterocycles. The number of hydrogen-bond acceptors (Lipinski definition) is 3. The number of thiazole rings is 1. The molecule has 0 saturated carbocycles. The van der Waals surface area contributed by atoms with E-state index in [2.05, 4.69) is 41.4 Å². The van der Waals surface area contributed by atoms with E-state index in [9.17, 15) is 13.2 Å². The molecule has 24 heavy (non-hydrogen) atoms. The SMILES string of the molecule is CN=C(NCCc1nc(C(F)(F)F)cs1)NC(C)CCC(C)C.I. The Balaban J connectivity index is 0.00000529. The Labute approximate surface area is 162 Å². The van der Waals surface area contributed by atoms with Crippen LogP contribution in [0.2, 0.25) is 0 Å². The lowest BCUT2D eigenvalue weighted by molar-refractivity contribution is -0.140. The summed E-state index contributed by atoms with van der Waals surface area (Å²) in [6.07, 6.45) is -1.77. The predicted octanol–water partition coefficient (Wildman–Crippen LogP) is 4.31. The molecule has 0 aliphatic rings. The summed E-state index contributed by atoms with van der Waals surface area (Å²) >= 11 is 1.03. The quantitative estimate of drug-likeness (QED) is 0.349. The highest BCUT2D eigenvalue weighted by atomic mass is 127. The fourth-order valence-corrected chi connectivity index (χ4v) is 2.73. The van der Waals surface area contributed by atoms with Crippen molar-refractivity contribution in [2.24, 2.45) is 10.9 Å². The monoisotopic (exact) mass is 478 g/mol. The maximum Gasteiger partial charge on any atom is 0.434 e. The fourth-order valence-electron chi connectivity index (χ4n) is 1.93. The van der Waals surface area contributed by atoms with Crippen LogP contribution >= 0.6 is 35.3 Å². The molecule has 4 nitrogen and oxygen atoms in total. The molecule has 0 spiro atoms. The van der Waals surface area contributed by atoms with Crippen LogP contribution in [-0.2, 0) is 12.6 Å². The summed E-state index contributed by atoms with van der Waals surface area (Å²) in [4.78, 5) is 7.74. The van der Waals surface area contributed by atoms with Crippen LogP contribution in [0.1, 0.15) is 44.3 Å². The molecule has 1 unspecified atom stereocenters. The lowest BCUT2D eigenvalue weighted by Crippen LogP contribution is -2.43. The van der Waals surface area contributed by atoms with Crippen LogP contribution in [-0.4, -0.2) is 30.6 Å². The molecule has 9 heteroatoms. The van der Waals surface area contributed by atoms with Gasteiger partial charge in [-0.15, -0.1) is 35.3 Å². The summed E-state index contributed by atoms with van der Waals surface area (Å²) in [5.74, 6) is 1.32. The van der Waals surface area contributed by atoms with Gasteiger partial charge in [-0.25, -0.2) is 4.98 Å². The molecule has 0 bridgehead atoms. The maximum absolute atomic E-state index is 12.5. The van der Waals surface area contributed by atoms with Crippen molar-refractivity contribution in [3.63, 3.8) is 0 Å². The van der Waals surface area contributed by atoms with Crippen molar-refractivity contribution >= 4 is 41.3 Å². The molecule has 1 aromatic heterocycles. The van der Waals surface area contributed by atoms with E-state index >= 15 is 0 Å². The Morgan fingerprint density at radius 3 is 2.46 bits per heavy atom. The topological polar surface area (TPSA) is 49.3 Å². The average Bonchev–Trinajstić information content (AvgIpc) is 2.93. The van der Waals surface area contributed by atoms with Gasteiger partial charge in [0.1, 0.15) is 0 Å². The number of nitrogens with one attached hydrogen (secondary N) is 2. The van der Waals surface area contributed by atoms with Gasteiger partial charge in [-0.3, -0.25) is 4.99 Å². The molecule has 0 aliphatic heterocycles. The highest BCUT2D eigenvalue weighted by molar-refractivity contribution is 14.0. The van der Waals surface area contributed by atoms with Gasteiger partial charge in [0, 0.05) is 31.4 Å². The number of hydrogen-bond donors (Lipinski definition) is 2. The lowest BCUT2D eigenvalue weighted by Gasteiger charge is -2.18. The summed E-state index contributed by atoms with van der Waals surface area (Å²) in [6, 6.07) is 0.292. The molecule has 1 heterocycles. The molecule has 2 N–H and O–H groups in total. The largest absolute Gasteiger partial charge is 0.434 e. The predicted molar refractivity (Wildman–Crippen MR) is 104 cm³/mol. The zero-order valence-corrected chi connectivity index (χ0v) is 17.6. The molecular weight excluding hydrogens is 452 g/mol. The number of aromatic nitrogens is 1. The van der Waals surface area contributed by atoms with E-state index in [0.29, 0.717) is 35.9 Å². The third-order valence-corrected chi connectivity index (χ3v) is 4.17. The van der Waals surface area contributed by atoms with E-state index < -0.39 is 11.9 Å². The molecule has 0 fully saturated rings. The Kier molecular flexibility index (Phi) is 10.8. The van der Waals surface area contributed by atoms with Crippen LogP contribution in [0, 0.1) is 5.92 Å². The van der Waals surface area contributed by atoms with Gasteiger partial charge in [-0.1, -0.05) is 13.8 Å². The zero-order chi connectivity index (χ0) is 17.5. The summed E-state index contributed by atoms with van der Waals surface area (Å²) in [5.41, 5.74) is -0.817. The lowest BCUT2D eigenvalue weighted by atomic mass is 10.0. The number of nitrogens with zero attached hydrogens (tertiary/aromatic N) is 2. The number of alkyl halides is 3. The maximum atomic E-state index is 12.5. The summed E-state index contributed by atoms with van der Waals surface area (Å²) < 4.78 is 37.4. The summed E-state index contributed by atoms with van der Waals surface area (Å²) in [6.45, 7) is 6.94. The molecule has 140 valence electrons. The average molecular weight is 478 g/mol. The molecular formula is C15H26F3IN4S. The number of rotatable bonds is 7. The molecule has 1 atom stereocenters. The van der Waals surface area contributed by atoms with Crippen LogP contribution in [0.4, 0.5) is 13.2 Å². The smallest absolute Gasteiger partial charge is 0.356 e. The van der Waals surface area contributed by atoms with E-state index in [1.165, 1.54) is 0 Å². The molecule has 0 aliphatic carbocycles. The first-order valence-corrected chi connectivity index (χ1v) is 8.59. The van der Waals surface area contributed by atoms with Gasteiger partial charge in [0.05, 0.1) is 5.01 Å². The number of aliphatic imine (C=N–C) groups is 1. The molecule has 0 aromatic carbocycles. The fraction of sp³-hybridized carbons (Fsp3) is 0.733. The minimum atomic E-state index is -4.37. The Morgan fingerprint density at radius 1 is 1.29 bits per heavy atom. The van der Waals surface area contributed by atoms with Crippen molar-refractivity contribution in [3.8, 4) is 0 Å². The van der Waals surface area contributed by atoms with E-state index in [-0.39, 0.29) is 24.0 Å². The second kappa shape index (κ2) is 11.1. The van der Waals surface area contributed by atoms with E-state index in [4.69, 9.17) is 0 Å². The van der Waals surface area contributed by atoms with Crippen LogP contribution < -0.4 is 10.6 Å². The normalized spacial score (nSPS) is 13.6. The summed E-state index contributed by atoms with van der Waals surface area (Å²) in [7, 11) is 1.68. The van der Waals surface area contributed by atoms with Crippen LogP contribution in [0.15, 0.2) is 10.4 Å². The highest BCUT2D eigenvalue weighted by Crippen LogP contribution is 2.29. The van der Waals surface area contributed by atoms with Gasteiger partial charge in [0.15, 0.2) is 11.7 Å². The van der Waals surface area contributed by atoms with Crippen LogP contribution in [0.25, 0.3) is 0 Å². The second-order valence-corrected chi connectivity index (χ2v) is 6.83. The third kappa shape index (κ3) is 9.05. The molecule has 1 rings (SSSR count). The van der Waals surface area contributed by atoms with Crippen molar-refractivity contribution in [2.45, 2.75) is 52.3 Å². The van der Waals surface area contributed by atoms with Crippen molar-refractivity contribution in [3.05, 3.63) is 16.1 Å². The van der Waals surface area contributed by atoms with E-state index in [1.807, 2.05) is 0 Å². The first-order valence-electron chi connectivity index (χ1n) is 7.71. The third-order valence-electron chi connectivity index (χ3n) is 3.26. The second-order valence-electron chi connectivity index (χ2n) is 5.89. The first-order chi connectivity index (χ1) is 10.7. The Morgan fingerprint density at radius 2 is 1.96 bits per heavy atom. The van der Waals surface area contributed by atoms with Crippen molar-refractivity contribution in [1.82, 2.24) is 15.6 Å². The first kappa shape index (κ1) is 23.4. The Hall–Kier alpha value is -0.580. The van der Waals surface area contributed by atoms with Crippen molar-refractivity contribution < 1.29 is 13.2 Å². The van der Waals surface area contributed by atoms with Crippen molar-refractivity contribution in [2.75, 3.05) is 13.6 Å². The van der Waals surface area contributed by atoms with Gasteiger partial charge in [-0.05, 0) is 25.7 Å². The summed E-state index contributed by atoms with van der Waals surface area (Å²) in [5, 5.41) is 7.91. The van der Waals surface area contributed by atoms with E-state index in [0.717, 1.165) is 29.6 Å². The van der Waals surface area contributed by atoms with Gasteiger partial charge in [-0.2, -0.15) is 13.2 Å². The number of halogens is 4. The van der Waals surface area contributed by atoms with Crippen LogP contribution in [0.5, 0.6) is 0 Å². The zero-order valence-electron chi connectivity index (χ0n) is 14.4. The highest BCUT2D eigenvalue weighted by Gasteiger charge is 2.33. The Bertz CT molecular complexity index is 503. The van der Waals surface area contributed by atoms with Gasteiger partial charge >= 0.3 is 6.18 Å². The van der Waals surface area contributed by atoms with Crippen LogP contribution in [0.3, 0.4) is 0 Å². The van der Waals surface area contributed by atoms with Crippen molar-refractivity contribution in [1.29, 1.82) is 0 Å². The minimum absolute atomic E-state index is 0. The minimum Gasteiger partial charge on any atom is -0.356 e. The van der Waals surface area contributed by atoms with Gasteiger partial charge < -0.3 is 10.6 Å². The molecule has 0 amide bonds. The van der Waals surface area contributed by atoms with Gasteiger partial charge in [0.25, 0.3) is 0 Å². The van der Waals surface area contributed by atoms with E-state index in [1.54, 1.807) is 7.05 Å². The number of guanidine groups is 1. The van der Waals surface area contributed by atoms with Gasteiger partial charge in [0.2, 0.25) is 0 Å². The standard InChI is InChI=1S/C15H25F3N4S.HI/c1-10(2)5-6-11(3)21-14(19-4)20-8-7-13-22-12(9-23-13)15(16,17)18;/h9-11H,5-8H2,1-4H3,(H2,19,20,21);1H.